The topological polar surface area (TPSA) is 75.5 Å². The molecule has 0 aliphatic rings. The number of carbonyl (C=O) groups is 1. The molecule has 6 heteroatoms. The van der Waals surface area contributed by atoms with Gasteiger partial charge in [0, 0.05) is 24.8 Å². The SMILES string of the molecule is CCOc1cc(C)nc(N(CC)CC(C)C(=O)O)n1. The second-order valence-electron chi connectivity index (χ2n) is 4.36. The van der Waals surface area contributed by atoms with Crippen LogP contribution in [0.15, 0.2) is 6.07 Å². The lowest BCUT2D eigenvalue weighted by atomic mass is 10.2. The maximum atomic E-state index is 10.9. The predicted octanol–water partition coefficient (Wildman–Crippen LogP) is 1.73. The first-order chi connectivity index (χ1) is 8.97. The van der Waals surface area contributed by atoms with Crippen LogP contribution in [0.25, 0.3) is 0 Å². The Hall–Kier alpha value is -1.85. The molecule has 1 atom stereocenters. The summed E-state index contributed by atoms with van der Waals surface area (Å²) in [7, 11) is 0. The monoisotopic (exact) mass is 267 g/mol. The Kier molecular flexibility index (Phi) is 5.54. The molecule has 0 amide bonds. The predicted molar refractivity (Wildman–Crippen MR) is 72.6 cm³/mol. The Morgan fingerprint density at radius 3 is 2.68 bits per heavy atom. The molecule has 19 heavy (non-hydrogen) atoms. The Morgan fingerprint density at radius 1 is 1.47 bits per heavy atom. The molecule has 1 aromatic rings. The molecule has 1 N–H and O–H groups in total. The number of aliphatic carboxylic acids is 1. The van der Waals surface area contributed by atoms with Gasteiger partial charge in [0.25, 0.3) is 0 Å². The summed E-state index contributed by atoms with van der Waals surface area (Å²) in [6.07, 6.45) is 0. The van der Waals surface area contributed by atoms with Crippen LogP contribution < -0.4 is 9.64 Å². The van der Waals surface area contributed by atoms with E-state index in [0.717, 1.165) is 5.69 Å². The van der Waals surface area contributed by atoms with Crippen LogP contribution in [0.4, 0.5) is 5.95 Å². The summed E-state index contributed by atoms with van der Waals surface area (Å²) in [5, 5.41) is 8.97. The van der Waals surface area contributed by atoms with Crippen molar-refractivity contribution in [3.8, 4) is 5.88 Å². The first-order valence-corrected chi connectivity index (χ1v) is 6.44. The smallest absolute Gasteiger partial charge is 0.308 e. The molecule has 1 aromatic heterocycles. The fourth-order valence-electron chi connectivity index (χ4n) is 1.65. The van der Waals surface area contributed by atoms with Gasteiger partial charge in [-0.3, -0.25) is 4.79 Å². The molecule has 1 unspecified atom stereocenters. The van der Waals surface area contributed by atoms with Crippen molar-refractivity contribution in [1.82, 2.24) is 9.97 Å². The van der Waals surface area contributed by atoms with Crippen molar-refractivity contribution in [2.75, 3.05) is 24.6 Å². The maximum absolute atomic E-state index is 10.9. The van der Waals surface area contributed by atoms with Crippen LogP contribution in [0, 0.1) is 12.8 Å². The maximum Gasteiger partial charge on any atom is 0.308 e. The Morgan fingerprint density at radius 2 is 2.16 bits per heavy atom. The number of hydrogen-bond donors (Lipinski definition) is 1. The highest BCUT2D eigenvalue weighted by Gasteiger charge is 2.18. The first kappa shape index (κ1) is 15.2. The van der Waals surface area contributed by atoms with E-state index in [1.165, 1.54) is 0 Å². The van der Waals surface area contributed by atoms with Crippen molar-refractivity contribution in [3.63, 3.8) is 0 Å². The molecular weight excluding hydrogens is 246 g/mol. The van der Waals surface area contributed by atoms with E-state index in [0.29, 0.717) is 31.5 Å². The van der Waals surface area contributed by atoms with Gasteiger partial charge in [0.1, 0.15) is 0 Å². The fraction of sp³-hybridized carbons (Fsp3) is 0.615. The number of ether oxygens (including phenoxy) is 1. The molecule has 1 heterocycles. The minimum absolute atomic E-state index is 0.376. The summed E-state index contributed by atoms with van der Waals surface area (Å²) in [4.78, 5) is 21.4. The number of nitrogens with zero attached hydrogens (tertiary/aromatic N) is 3. The zero-order chi connectivity index (χ0) is 14.4. The number of carboxylic acids is 1. The largest absolute Gasteiger partial charge is 0.481 e. The molecule has 0 saturated heterocycles. The van der Waals surface area contributed by atoms with Crippen molar-refractivity contribution < 1.29 is 14.6 Å². The highest BCUT2D eigenvalue weighted by Crippen LogP contribution is 2.16. The Labute approximate surface area is 113 Å². The number of aromatic nitrogens is 2. The lowest BCUT2D eigenvalue weighted by Crippen LogP contribution is -2.33. The van der Waals surface area contributed by atoms with Gasteiger partial charge >= 0.3 is 5.97 Å². The number of carboxylic acid groups (broad SMARTS) is 1. The standard InChI is InChI=1S/C13H21N3O3/c1-5-16(8-9(3)12(17)18)13-14-10(4)7-11(15-13)19-6-2/h7,9H,5-6,8H2,1-4H3,(H,17,18). The van der Waals surface area contributed by atoms with Crippen LogP contribution >= 0.6 is 0 Å². The Balaban J connectivity index is 2.94. The highest BCUT2D eigenvalue weighted by atomic mass is 16.5. The van der Waals surface area contributed by atoms with E-state index in [2.05, 4.69) is 9.97 Å². The van der Waals surface area contributed by atoms with Gasteiger partial charge < -0.3 is 14.7 Å². The van der Waals surface area contributed by atoms with E-state index in [-0.39, 0.29) is 0 Å². The Bertz CT molecular complexity index is 437. The molecular formula is C13H21N3O3. The molecule has 6 nitrogen and oxygen atoms in total. The van der Waals surface area contributed by atoms with Gasteiger partial charge in [0.05, 0.1) is 12.5 Å². The molecule has 106 valence electrons. The zero-order valence-corrected chi connectivity index (χ0v) is 11.9. The van der Waals surface area contributed by atoms with Gasteiger partial charge in [-0.1, -0.05) is 6.92 Å². The molecule has 0 aliphatic carbocycles. The molecule has 0 spiro atoms. The average molecular weight is 267 g/mol. The van der Waals surface area contributed by atoms with Gasteiger partial charge in [-0.15, -0.1) is 0 Å². The first-order valence-electron chi connectivity index (χ1n) is 6.44. The second kappa shape index (κ2) is 6.92. The van der Waals surface area contributed by atoms with Crippen LogP contribution in [0.2, 0.25) is 0 Å². The minimum Gasteiger partial charge on any atom is -0.481 e. The number of rotatable bonds is 7. The van der Waals surface area contributed by atoms with E-state index in [1.807, 2.05) is 25.7 Å². The normalized spacial score (nSPS) is 12.0. The fourth-order valence-corrected chi connectivity index (χ4v) is 1.65. The molecule has 1 rings (SSSR count). The molecule has 0 aromatic carbocycles. The third kappa shape index (κ3) is 4.39. The van der Waals surface area contributed by atoms with Crippen LogP contribution in [0.1, 0.15) is 26.5 Å². The van der Waals surface area contributed by atoms with Gasteiger partial charge in [0.15, 0.2) is 0 Å². The van der Waals surface area contributed by atoms with Crippen molar-refractivity contribution in [2.45, 2.75) is 27.7 Å². The number of aryl methyl sites for hydroxylation is 1. The van der Waals surface area contributed by atoms with Gasteiger partial charge in [-0.2, -0.15) is 4.98 Å². The van der Waals surface area contributed by atoms with Gasteiger partial charge in [-0.25, -0.2) is 4.98 Å². The summed E-state index contributed by atoms with van der Waals surface area (Å²) < 4.78 is 5.38. The van der Waals surface area contributed by atoms with Crippen LogP contribution in [0.5, 0.6) is 5.88 Å². The van der Waals surface area contributed by atoms with Crippen LogP contribution in [-0.2, 0) is 4.79 Å². The zero-order valence-electron chi connectivity index (χ0n) is 11.9. The van der Waals surface area contributed by atoms with Crippen molar-refractivity contribution in [3.05, 3.63) is 11.8 Å². The average Bonchev–Trinajstić information content (AvgIpc) is 2.35. The van der Waals surface area contributed by atoms with Crippen molar-refractivity contribution in [1.29, 1.82) is 0 Å². The number of anilines is 1. The quantitative estimate of drug-likeness (QED) is 0.811. The lowest BCUT2D eigenvalue weighted by molar-refractivity contribution is -0.140. The summed E-state index contributed by atoms with van der Waals surface area (Å²) in [6, 6.07) is 1.77. The van der Waals surface area contributed by atoms with E-state index in [9.17, 15) is 4.79 Å². The van der Waals surface area contributed by atoms with Crippen molar-refractivity contribution >= 4 is 11.9 Å². The minimum atomic E-state index is -0.823. The highest BCUT2D eigenvalue weighted by molar-refractivity contribution is 5.70. The number of hydrogen-bond acceptors (Lipinski definition) is 5. The third-order valence-electron chi connectivity index (χ3n) is 2.69. The summed E-state index contributed by atoms with van der Waals surface area (Å²) in [5.41, 5.74) is 0.801. The van der Waals surface area contributed by atoms with E-state index in [1.54, 1.807) is 13.0 Å². The molecule has 0 saturated carbocycles. The van der Waals surface area contributed by atoms with Crippen molar-refractivity contribution in [2.24, 2.45) is 5.92 Å². The van der Waals surface area contributed by atoms with E-state index in [4.69, 9.17) is 9.84 Å². The third-order valence-corrected chi connectivity index (χ3v) is 2.69. The summed E-state index contributed by atoms with van der Waals surface area (Å²) in [6.45, 7) is 8.93. The summed E-state index contributed by atoms with van der Waals surface area (Å²) in [5.74, 6) is -0.263. The van der Waals surface area contributed by atoms with Gasteiger partial charge in [-0.05, 0) is 20.8 Å². The molecule has 0 fully saturated rings. The summed E-state index contributed by atoms with van der Waals surface area (Å²) >= 11 is 0. The van der Waals surface area contributed by atoms with E-state index >= 15 is 0 Å². The molecule has 0 radical (unpaired) electrons. The van der Waals surface area contributed by atoms with Gasteiger partial charge in [0.2, 0.25) is 11.8 Å². The molecule has 0 bridgehead atoms. The molecule has 0 aliphatic heterocycles. The second-order valence-corrected chi connectivity index (χ2v) is 4.36. The van der Waals surface area contributed by atoms with Crippen LogP contribution in [-0.4, -0.2) is 40.7 Å². The lowest BCUT2D eigenvalue weighted by Gasteiger charge is -2.23. The van der Waals surface area contributed by atoms with Crippen LogP contribution in [0.3, 0.4) is 0 Å². The van der Waals surface area contributed by atoms with E-state index < -0.39 is 11.9 Å².